The van der Waals surface area contributed by atoms with Crippen LogP contribution >= 0.6 is 11.6 Å². The zero-order valence-electron chi connectivity index (χ0n) is 10.7. The van der Waals surface area contributed by atoms with E-state index in [1.165, 1.54) is 17.0 Å². The molecule has 1 aromatic carbocycles. The van der Waals surface area contributed by atoms with Crippen LogP contribution in [0.4, 0.5) is 4.39 Å². The highest BCUT2D eigenvalue weighted by Crippen LogP contribution is 2.24. The van der Waals surface area contributed by atoms with E-state index in [1.54, 1.807) is 0 Å². The van der Waals surface area contributed by atoms with E-state index in [2.05, 4.69) is 5.16 Å². The van der Waals surface area contributed by atoms with Crippen molar-refractivity contribution in [3.8, 4) is 0 Å². The Kier molecular flexibility index (Phi) is 4.44. The van der Waals surface area contributed by atoms with E-state index in [9.17, 15) is 9.18 Å². The molecule has 0 aromatic heterocycles. The maximum Gasteiger partial charge on any atom is 0.255 e. The molecule has 2 rings (SSSR count). The average molecular weight is 300 g/mol. The van der Waals surface area contributed by atoms with Crippen molar-refractivity contribution in [1.82, 2.24) is 4.90 Å². The molecule has 1 aliphatic rings. The summed E-state index contributed by atoms with van der Waals surface area (Å²) in [7, 11) is 0. The maximum absolute atomic E-state index is 13.0. The smallest absolute Gasteiger partial charge is 0.255 e. The fourth-order valence-corrected chi connectivity index (χ4v) is 2.61. The van der Waals surface area contributed by atoms with Crippen molar-refractivity contribution in [3.63, 3.8) is 0 Å². The first-order valence-electron chi connectivity index (χ1n) is 6.28. The van der Waals surface area contributed by atoms with Crippen molar-refractivity contribution in [2.75, 3.05) is 6.54 Å². The minimum Gasteiger partial charge on any atom is -0.409 e. The van der Waals surface area contributed by atoms with E-state index in [-0.39, 0.29) is 22.3 Å². The standard InChI is InChI=1S/C13H15ClFN3O2/c14-10-7-8(15)4-5-9(10)13(19)18-6-2-1-3-11(18)12(16)17-20/h4-5,7,11,20H,1-3,6H2,(H2,16,17). The van der Waals surface area contributed by atoms with Crippen LogP contribution < -0.4 is 5.73 Å². The first kappa shape index (κ1) is 14.6. The minimum atomic E-state index is -0.502. The van der Waals surface area contributed by atoms with Crippen LogP contribution in [0.1, 0.15) is 29.6 Å². The van der Waals surface area contributed by atoms with Crippen LogP contribution in [0.5, 0.6) is 0 Å². The second-order valence-corrected chi connectivity index (χ2v) is 5.07. The van der Waals surface area contributed by atoms with Gasteiger partial charge in [0.15, 0.2) is 5.84 Å². The molecule has 1 heterocycles. The summed E-state index contributed by atoms with van der Waals surface area (Å²) >= 11 is 5.91. The number of piperidine rings is 1. The van der Waals surface area contributed by atoms with Crippen LogP contribution in [0.3, 0.4) is 0 Å². The van der Waals surface area contributed by atoms with Gasteiger partial charge in [0.2, 0.25) is 0 Å². The molecule has 7 heteroatoms. The summed E-state index contributed by atoms with van der Waals surface area (Å²) in [5.41, 5.74) is 5.84. The number of carbonyl (C=O) groups excluding carboxylic acids is 1. The predicted octanol–water partition coefficient (Wildman–Crippen LogP) is 2.22. The summed E-state index contributed by atoms with van der Waals surface area (Å²) in [6.07, 6.45) is 2.35. The van der Waals surface area contributed by atoms with Gasteiger partial charge in [-0.15, -0.1) is 0 Å². The monoisotopic (exact) mass is 299 g/mol. The Hall–Kier alpha value is -1.82. The Bertz CT molecular complexity index is 550. The summed E-state index contributed by atoms with van der Waals surface area (Å²) in [5.74, 6) is -0.847. The number of amidine groups is 1. The Morgan fingerprint density at radius 2 is 2.25 bits per heavy atom. The van der Waals surface area contributed by atoms with E-state index >= 15 is 0 Å². The van der Waals surface area contributed by atoms with Gasteiger partial charge in [0.25, 0.3) is 5.91 Å². The number of hydrogen-bond acceptors (Lipinski definition) is 3. The van der Waals surface area contributed by atoms with Gasteiger partial charge in [0.1, 0.15) is 5.82 Å². The molecule has 108 valence electrons. The Balaban J connectivity index is 2.30. The lowest BCUT2D eigenvalue weighted by molar-refractivity contribution is 0.0677. The molecular formula is C13H15ClFN3O2. The number of hydrogen-bond donors (Lipinski definition) is 2. The van der Waals surface area contributed by atoms with Gasteiger partial charge in [-0.25, -0.2) is 4.39 Å². The molecule has 20 heavy (non-hydrogen) atoms. The maximum atomic E-state index is 13.0. The zero-order chi connectivity index (χ0) is 14.7. The van der Waals surface area contributed by atoms with E-state index in [0.29, 0.717) is 13.0 Å². The number of benzene rings is 1. The molecule has 5 nitrogen and oxygen atoms in total. The second kappa shape index (κ2) is 6.09. The topological polar surface area (TPSA) is 78.9 Å². The number of rotatable bonds is 2. The minimum absolute atomic E-state index is 0.00344. The van der Waals surface area contributed by atoms with Crippen LogP contribution in [0, 0.1) is 5.82 Å². The molecule has 1 aromatic rings. The number of nitrogens with two attached hydrogens (primary N) is 1. The first-order chi connectivity index (χ1) is 9.54. The molecule has 1 atom stereocenters. The summed E-state index contributed by atoms with van der Waals surface area (Å²) in [6, 6.07) is 3.17. The summed E-state index contributed by atoms with van der Waals surface area (Å²) < 4.78 is 13.0. The third kappa shape index (κ3) is 2.85. The molecule has 0 saturated carbocycles. The number of nitrogens with zero attached hydrogens (tertiary/aromatic N) is 2. The zero-order valence-corrected chi connectivity index (χ0v) is 11.5. The van der Waals surface area contributed by atoms with Crippen LogP contribution in [0.25, 0.3) is 0 Å². The van der Waals surface area contributed by atoms with Crippen LogP contribution in [0.15, 0.2) is 23.4 Å². The molecule has 0 spiro atoms. The Morgan fingerprint density at radius 3 is 2.90 bits per heavy atom. The van der Waals surface area contributed by atoms with Gasteiger partial charge >= 0.3 is 0 Å². The van der Waals surface area contributed by atoms with E-state index in [4.69, 9.17) is 22.5 Å². The van der Waals surface area contributed by atoms with Crippen molar-refractivity contribution in [2.45, 2.75) is 25.3 Å². The predicted molar refractivity (Wildman–Crippen MR) is 73.5 cm³/mol. The lowest BCUT2D eigenvalue weighted by Crippen LogP contribution is -2.50. The average Bonchev–Trinajstić information content (AvgIpc) is 2.46. The van der Waals surface area contributed by atoms with Crippen molar-refractivity contribution in [3.05, 3.63) is 34.6 Å². The summed E-state index contributed by atoms with van der Waals surface area (Å²) in [4.78, 5) is 14.0. The molecular weight excluding hydrogens is 285 g/mol. The van der Waals surface area contributed by atoms with Crippen LogP contribution in [-0.2, 0) is 0 Å². The number of halogens is 2. The molecule has 1 aliphatic heterocycles. The lowest BCUT2D eigenvalue weighted by atomic mass is 10.00. The third-order valence-corrected chi connectivity index (χ3v) is 3.69. The largest absolute Gasteiger partial charge is 0.409 e. The number of oxime groups is 1. The summed E-state index contributed by atoms with van der Waals surface area (Å²) in [6.45, 7) is 0.493. The molecule has 1 fully saturated rings. The van der Waals surface area contributed by atoms with Crippen molar-refractivity contribution in [1.29, 1.82) is 0 Å². The number of amides is 1. The normalized spacial score (nSPS) is 20.0. The van der Waals surface area contributed by atoms with E-state index in [0.717, 1.165) is 18.9 Å². The van der Waals surface area contributed by atoms with E-state index < -0.39 is 11.9 Å². The number of likely N-dealkylation sites (tertiary alicyclic amines) is 1. The van der Waals surface area contributed by atoms with E-state index in [1.807, 2.05) is 0 Å². The highest BCUT2D eigenvalue weighted by molar-refractivity contribution is 6.33. The molecule has 0 aliphatic carbocycles. The van der Waals surface area contributed by atoms with Gasteiger partial charge in [0.05, 0.1) is 16.6 Å². The van der Waals surface area contributed by atoms with Crippen molar-refractivity contribution < 1.29 is 14.4 Å². The Labute approximate surface area is 120 Å². The van der Waals surface area contributed by atoms with Gasteiger partial charge in [-0.3, -0.25) is 4.79 Å². The van der Waals surface area contributed by atoms with Crippen molar-refractivity contribution >= 4 is 23.3 Å². The first-order valence-corrected chi connectivity index (χ1v) is 6.66. The molecule has 0 radical (unpaired) electrons. The second-order valence-electron chi connectivity index (χ2n) is 4.66. The third-order valence-electron chi connectivity index (χ3n) is 3.38. The number of carbonyl (C=O) groups is 1. The molecule has 1 saturated heterocycles. The summed E-state index contributed by atoms with van der Waals surface area (Å²) in [5, 5.41) is 11.8. The van der Waals surface area contributed by atoms with Crippen molar-refractivity contribution in [2.24, 2.45) is 10.9 Å². The van der Waals surface area contributed by atoms with Gasteiger partial charge in [-0.05, 0) is 37.5 Å². The molecule has 0 bridgehead atoms. The fraction of sp³-hybridized carbons (Fsp3) is 0.385. The Morgan fingerprint density at radius 1 is 1.50 bits per heavy atom. The SMILES string of the molecule is NC(=NO)C1CCCCN1C(=O)c1ccc(F)cc1Cl. The highest BCUT2D eigenvalue weighted by atomic mass is 35.5. The van der Waals surface area contributed by atoms with Gasteiger partial charge in [-0.1, -0.05) is 16.8 Å². The van der Waals surface area contributed by atoms with Gasteiger partial charge < -0.3 is 15.8 Å². The molecule has 1 amide bonds. The fourth-order valence-electron chi connectivity index (χ4n) is 2.37. The van der Waals surface area contributed by atoms with Gasteiger partial charge in [0, 0.05) is 6.54 Å². The van der Waals surface area contributed by atoms with Crippen LogP contribution in [-0.4, -0.2) is 34.4 Å². The van der Waals surface area contributed by atoms with Gasteiger partial charge in [-0.2, -0.15) is 0 Å². The lowest BCUT2D eigenvalue weighted by Gasteiger charge is -2.35. The molecule has 1 unspecified atom stereocenters. The quantitative estimate of drug-likeness (QED) is 0.380. The van der Waals surface area contributed by atoms with Crippen LogP contribution in [0.2, 0.25) is 5.02 Å². The molecule has 3 N–H and O–H groups in total. The highest BCUT2D eigenvalue weighted by Gasteiger charge is 2.31.